The van der Waals surface area contributed by atoms with E-state index in [9.17, 15) is 9.18 Å². The Hall–Kier alpha value is -2.36. The molecule has 0 atom stereocenters. The molecule has 4 heteroatoms. The lowest BCUT2D eigenvalue weighted by Gasteiger charge is -2.19. The van der Waals surface area contributed by atoms with Gasteiger partial charge < -0.3 is 9.32 Å². The highest BCUT2D eigenvalue weighted by atomic mass is 19.1. The molecule has 1 amide bonds. The van der Waals surface area contributed by atoms with Gasteiger partial charge in [0.15, 0.2) is 0 Å². The van der Waals surface area contributed by atoms with E-state index in [-0.39, 0.29) is 11.7 Å². The Morgan fingerprint density at radius 3 is 2.76 bits per heavy atom. The number of amides is 1. The van der Waals surface area contributed by atoms with Crippen LogP contribution in [0.15, 0.2) is 46.9 Å². The van der Waals surface area contributed by atoms with Crippen LogP contribution in [0, 0.1) is 12.7 Å². The van der Waals surface area contributed by atoms with Gasteiger partial charge in [-0.05, 0) is 49.8 Å². The van der Waals surface area contributed by atoms with Crippen LogP contribution in [0.5, 0.6) is 0 Å². The van der Waals surface area contributed by atoms with Crippen molar-refractivity contribution in [2.24, 2.45) is 0 Å². The van der Waals surface area contributed by atoms with Gasteiger partial charge in [0, 0.05) is 19.2 Å². The molecule has 0 spiro atoms. The number of carbonyl (C=O) groups is 1. The molecular weight excluding hydrogens is 269 g/mol. The summed E-state index contributed by atoms with van der Waals surface area (Å²) in [5.74, 6) is 1.02. The molecule has 3 nitrogen and oxygen atoms in total. The first-order valence-electron chi connectivity index (χ1n) is 6.86. The average molecular weight is 287 g/mol. The van der Waals surface area contributed by atoms with Crippen LogP contribution < -0.4 is 0 Å². The van der Waals surface area contributed by atoms with E-state index in [1.54, 1.807) is 23.1 Å². The highest BCUT2D eigenvalue weighted by molar-refractivity contribution is 5.91. The summed E-state index contributed by atoms with van der Waals surface area (Å²) in [7, 11) is 0. The van der Waals surface area contributed by atoms with E-state index >= 15 is 0 Å². The van der Waals surface area contributed by atoms with Crippen LogP contribution >= 0.6 is 0 Å². The minimum atomic E-state index is -0.294. The van der Waals surface area contributed by atoms with Crippen molar-refractivity contribution in [3.8, 4) is 0 Å². The predicted octanol–water partition coefficient (Wildman–Crippen LogP) is 3.79. The van der Waals surface area contributed by atoms with Crippen LogP contribution in [0.25, 0.3) is 6.08 Å². The smallest absolute Gasteiger partial charge is 0.246 e. The number of halogens is 1. The number of likely N-dealkylation sites (N-methyl/N-ethyl adjacent to an activating group) is 1. The van der Waals surface area contributed by atoms with Crippen LogP contribution in [0.4, 0.5) is 4.39 Å². The Bertz CT molecular complexity index is 646. The van der Waals surface area contributed by atoms with E-state index in [0.29, 0.717) is 18.8 Å². The fraction of sp³-hybridized carbons (Fsp3) is 0.235. The zero-order chi connectivity index (χ0) is 15.2. The Balaban J connectivity index is 2.03. The van der Waals surface area contributed by atoms with E-state index in [1.165, 1.54) is 18.2 Å². The van der Waals surface area contributed by atoms with Gasteiger partial charge in [0.25, 0.3) is 0 Å². The van der Waals surface area contributed by atoms with Gasteiger partial charge in [0.2, 0.25) is 5.91 Å². The lowest BCUT2D eigenvalue weighted by Crippen LogP contribution is -2.28. The van der Waals surface area contributed by atoms with Crippen molar-refractivity contribution < 1.29 is 13.6 Å². The average Bonchev–Trinajstić information content (AvgIpc) is 2.88. The van der Waals surface area contributed by atoms with Gasteiger partial charge in [0.05, 0.1) is 0 Å². The van der Waals surface area contributed by atoms with Gasteiger partial charge in [-0.15, -0.1) is 0 Å². The maximum Gasteiger partial charge on any atom is 0.246 e. The first-order valence-corrected chi connectivity index (χ1v) is 6.86. The van der Waals surface area contributed by atoms with Gasteiger partial charge in [-0.3, -0.25) is 4.79 Å². The van der Waals surface area contributed by atoms with Crippen LogP contribution in [0.2, 0.25) is 0 Å². The van der Waals surface area contributed by atoms with Crippen LogP contribution in [-0.4, -0.2) is 17.4 Å². The summed E-state index contributed by atoms with van der Waals surface area (Å²) in [6, 6.07) is 9.93. The number of furan rings is 1. The highest BCUT2D eigenvalue weighted by Gasteiger charge is 2.09. The number of nitrogens with zero attached hydrogens (tertiary/aromatic N) is 1. The molecule has 0 saturated heterocycles. The highest BCUT2D eigenvalue weighted by Crippen LogP contribution is 2.10. The Labute approximate surface area is 123 Å². The topological polar surface area (TPSA) is 33.5 Å². The van der Waals surface area contributed by atoms with Gasteiger partial charge in [-0.2, -0.15) is 0 Å². The quantitative estimate of drug-likeness (QED) is 0.784. The van der Waals surface area contributed by atoms with Gasteiger partial charge in [0.1, 0.15) is 17.3 Å². The molecule has 0 radical (unpaired) electrons. The number of hydrogen-bond acceptors (Lipinski definition) is 2. The fourth-order valence-corrected chi connectivity index (χ4v) is 2.00. The second-order valence-corrected chi connectivity index (χ2v) is 4.76. The number of aryl methyl sites for hydroxylation is 1. The van der Waals surface area contributed by atoms with E-state index in [0.717, 1.165) is 11.3 Å². The summed E-state index contributed by atoms with van der Waals surface area (Å²) in [6.07, 6.45) is 3.12. The third-order valence-corrected chi connectivity index (χ3v) is 3.11. The third kappa shape index (κ3) is 4.31. The lowest BCUT2D eigenvalue weighted by atomic mass is 10.2. The molecule has 0 unspecified atom stereocenters. The van der Waals surface area contributed by atoms with Crippen molar-refractivity contribution in [2.75, 3.05) is 6.54 Å². The van der Waals surface area contributed by atoms with Crippen molar-refractivity contribution >= 4 is 12.0 Å². The standard InChI is InChI=1S/C17H18FNO2/c1-3-19(12-14-5-4-6-15(18)11-14)17(20)10-9-16-8-7-13(2)21-16/h4-11H,3,12H2,1-2H3. The van der Waals surface area contributed by atoms with Crippen molar-refractivity contribution in [1.29, 1.82) is 0 Å². The molecule has 0 aliphatic heterocycles. The molecule has 1 aromatic carbocycles. The summed E-state index contributed by atoms with van der Waals surface area (Å²) >= 11 is 0. The molecule has 1 heterocycles. The maximum absolute atomic E-state index is 13.2. The number of carbonyl (C=O) groups excluding carboxylic acids is 1. The normalized spacial score (nSPS) is 11.0. The van der Waals surface area contributed by atoms with Gasteiger partial charge in [-0.1, -0.05) is 12.1 Å². The predicted molar refractivity (Wildman–Crippen MR) is 80.0 cm³/mol. The molecule has 0 fully saturated rings. The molecule has 0 aliphatic carbocycles. The second kappa shape index (κ2) is 6.88. The summed E-state index contributed by atoms with van der Waals surface area (Å²) in [6.45, 7) is 4.68. The van der Waals surface area contributed by atoms with Crippen LogP contribution in [0.1, 0.15) is 24.0 Å². The molecule has 2 aromatic rings. The van der Waals surface area contributed by atoms with Crippen molar-refractivity contribution in [2.45, 2.75) is 20.4 Å². The Morgan fingerprint density at radius 2 is 2.14 bits per heavy atom. The lowest BCUT2D eigenvalue weighted by molar-refractivity contribution is -0.126. The second-order valence-electron chi connectivity index (χ2n) is 4.76. The number of hydrogen-bond donors (Lipinski definition) is 0. The van der Waals surface area contributed by atoms with E-state index in [4.69, 9.17) is 4.42 Å². The summed E-state index contributed by atoms with van der Waals surface area (Å²) < 4.78 is 18.5. The zero-order valence-corrected chi connectivity index (χ0v) is 12.2. The molecule has 2 rings (SSSR count). The third-order valence-electron chi connectivity index (χ3n) is 3.11. The van der Waals surface area contributed by atoms with E-state index in [2.05, 4.69) is 0 Å². The molecule has 110 valence electrons. The summed E-state index contributed by atoms with van der Waals surface area (Å²) in [4.78, 5) is 13.8. The summed E-state index contributed by atoms with van der Waals surface area (Å²) in [5.41, 5.74) is 0.771. The number of rotatable bonds is 5. The Morgan fingerprint density at radius 1 is 1.33 bits per heavy atom. The minimum Gasteiger partial charge on any atom is -0.462 e. The molecule has 0 saturated carbocycles. The van der Waals surface area contributed by atoms with Crippen LogP contribution in [-0.2, 0) is 11.3 Å². The van der Waals surface area contributed by atoms with Gasteiger partial charge >= 0.3 is 0 Å². The van der Waals surface area contributed by atoms with Crippen molar-refractivity contribution in [3.63, 3.8) is 0 Å². The number of benzene rings is 1. The SMILES string of the molecule is CCN(Cc1cccc(F)c1)C(=O)C=Cc1ccc(C)o1. The zero-order valence-electron chi connectivity index (χ0n) is 12.2. The van der Waals surface area contributed by atoms with Crippen molar-refractivity contribution in [3.05, 3.63) is 65.4 Å². The van der Waals surface area contributed by atoms with E-state index < -0.39 is 0 Å². The monoisotopic (exact) mass is 287 g/mol. The summed E-state index contributed by atoms with van der Waals surface area (Å²) in [5, 5.41) is 0. The molecule has 0 N–H and O–H groups in total. The maximum atomic E-state index is 13.2. The van der Waals surface area contributed by atoms with Crippen molar-refractivity contribution in [1.82, 2.24) is 4.90 Å². The molecule has 21 heavy (non-hydrogen) atoms. The largest absolute Gasteiger partial charge is 0.462 e. The van der Waals surface area contributed by atoms with Gasteiger partial charge in [-0.25, -0.2) is 4.39 Å². The molecule has 0 bridgehead atoms. The van der Waals surface area contributed by atoms with Crippen LogP contribution in [0.3, 0.4) is 0 Å². The fourth-order valence-electron chi connectivity index (χ4n) is 2.00. The first-order chi connectivity index (χ1) is 10.1. The molecule has 1 aromatic heterocycles. The van der Waals surface area contributed by atoms with E-state index in [1.807, 2.05) is 26.0 Å². The minimum absolute atomic E-state index is 0.129. The Kier molecular flexibility index (Phi) is 4.93. The molecule has 0 aliphatic rings. The molecular formula is C17H18FNO2. The first kappa shape index (κ1) is 15.0.